The number of aliphatic hydroxyl groups is 8. The third kappa shape index (κ3) is 29.6. The number of carbonyl (C=O) groups is 1. The molecule has 2 rings (SSSR count). The monoisotopic (exact) mass is 1010 g/mol. The van der Waals surface area contributed by atoms with Gasteiger partial charge in [0.1, 0.15) is 48.8 Å². The molecule has 1 amide bonds. The number of carbonyl (C=O) groups excluding carboxylic acids is 1. The predicted molar refractivity (Wildman–Crippen MR) is 281 cm³/mol. The Labute approximate surface area is 429 Å². The second kappa shape index (κ2) is 43.2. The highest BCUT2D eigenvalue weighted by molar-refractivity contribution is 5.76. The number of hydrogen-bond donors (Lipinski definition) is 9. The maximum Gasteiger partial charge on any atom is 0.220 e. The van der Waals surface area contributed by atoms with Gasteiger partial charge >= 0.3 is 0 Å². The van der Waals surface area contributed by atoms with E-state index in [2.05, 4.69) is 55.6 Å². The van der Waals surface area contributed by atoms with Gasteiger partial charge in [0.2, 0.25) is 5.91 Å². The lowest BCUT2D eigenvalue weighted by atomic mass is 9.97. The molecule has 2 fully saturated rings. The van der Waals surface area contributed by atoms with Crippen LogP contribution in [0.5, 0.6) is 0 Å². The van der Waals surface area contributed by atoms with Crippen LogP contribution in [0.15, 0.2) is 48.6 Å². The van der Waals surface area contributed by atoms with Gasteiger partial charge in [0.05, 0.1) is 32.0 Å². The number of amides is 1. The minimum Gasteiger partial charge on any atom is -0.394 e. The minimum atomic E-state index is -1.79. The summed E-state index contributed by atoms with van der Waals surface area (Å²) in [5.74, 6) is -0.258. The van der Waals surface area contributed by atoms with Gasteiger partial charge in [-0.2, -0.15) is 0 Å². The summed E-state index contributed by atoms with van der Waals surface area (Å²) in [4.78, 5) is 13.2. The van der Waals surface area contributed by atoms with Gasteiger partial charge in [0.15, 0.2) is 12.6 Å². The van der Waals surface area contributed by atoms with E-state index in [0.717, 1.165) is 51.4 Å². The van der Waals surface area contributed by atoms with Gasteiger partial charge in [0.25, 0.3) is 0 Å². The fourth-order valence-electron chi connectivity index (χ4n) is 9.10. The molecule has 0 aromatic rings. The molecular formula is C57H103NO13. The lowest BCUT2D eigenvalue weighted by Crippen LogP contribution is -2.65. The molecule has 0 aromatic carbocycles. The van der Waals surface area contributed by atoms with Crippen LogP contribution in [0.1, 0.15) is 213 Å². The Balaban J connectivity index is 1.82. The fraction of sp³-hybridized carbons (Fsp3) is 0.842. The standard InChI is InChI=1S/C57H103NO13/c1-3-5-7-9-11-13-15-17-19-21-23-24-26-28-30-32-34-36-38-40-46(61)45(58-49(62)41-39-37-35-33-31-29-27-25-22-20-18-16-14-12-10-8-6-4-2)44-68-56-54(67)52(65)55(48(43-60)70-56)71-57-53(66)51(64)50(63)47(42-59)69-57/h14,16,20,22,30,32,38,40,45-48,50-57,59-61,63-67H,3-13,15,17-19,21,23-29,31,33-37,39,41-44H2,1-2H3,(H,58,62)/b16-14-,22-20-,32-30+,40-38+. The van der Waals surface area contributed by atoms with Crippen LogP contribution < -0.4 is 5.32 Å². The second-order valence-electron chi connectivity index (χ2n) is 20.1. The third-order valence-corrected chi connectivity index (χ3v) is 13.7. The zero-order valence-electron chi connectivity index (χ0n) is 44.2. The molecule has 14 nitrogen and oxygen atoms in total. The summed E-state index contributed by atoms with van der Waals surface area (Å²) < 4.78 is 22.7. The van der Waals surface area contributed by atoms with Gasteiger partial charge in [-0.05, 0) is 64.2 Å². The molecule has 2 saturated heterocycles. The molecule has 2 aliphatic heterocycles. The van der Waals surface area contributed by atoms with E-state index in [1.807, 2.05) is 6.08 Å². The largest absolute Gasteiger partial charge is 0.394 e. The number of ether oxygens (including phenoxy) is 4. The molecule has 2 aliphatic rings. The van der Waals surface area contributed by atoms with Crippen LogP contribution in [0.3, 0.4) is 0 Å². The van der Waals surface area contributed by atoms with Crippen molar-refractivity contribution in [2.75, 3.05) is 19.8 Å². The lowest BCUT2D eigenvalue weighted by molar-refractivity contribution is -0.359. The number of hydrogen-bond acceptors (Lipinski definition) is 13. The first kappa shape index (κ1) is 65.1. The van der Waals surface area contributed by atoms with Gasteiger partial charge in [0, 0.05) is 6.42 Å². The van der Waals surface area contributed by atoms with E-state index in [-0.39, 0.29) is 18.9 Å². The summed E-state index contributed by atoms with van der Waals surface area (Å²) in [5, 5.41) is 86.9. The van der Waals surface area contributed by atoms with Crippen LogP contribution in [0.25, 0.3) is 0 Å². The molecule has 0 spiro atoms. The van der Waals surface area contributed by atoms with E-state index < -0.39 is 86.8 Å². The second-order valence-corrected chi connectivity index (χ2v) is 20.1. The summed E-state index contributed by atoms with van der Waals surface area (Å²) in [6.07, 6.45) is 35.7. The Bertz CT molecular complexity index is 1380. The quantitative estimate of drug-likeness (QED) is 0.0206. The molecule has 414 valence electrons. The van der Waals surface area contributed by atoms with Crippen LogP contribution in [0.2, 0.25) is 0 Å². The molecule has 71 heavy (non-hydrogen) atoms. The van der Waals surface area contributed by atoms with E-state index >= 15 is 0 Å². The molecule has 0 aromatic heterocycles. The van der Waals surface area contributed by atoms with E-state index in [9.17, 15) is 45.6 Å². The number of allylic oxidation sites excluding steroid dienone is 7. The first-order valence-electron chi connectivity index (χ1n) is 28.4. The number of unbranched alkanes of at least 4 members (excludes halogenated alkanes) is 25. The minimum absolute atomic E-state index is 0.258. The highest BCUT2D eigenvalue weighted by Gasteiger charge is 2.51. The Kier molecular flexibility index (Phi) is 39.6. The third-order valence-electron chi connectivity index (χ3n) is 13.7. The highest BCUT2D eigenvalue weighted by atomic mass is 16.7. The average molecular weight is 1010 g/mol. The molecule has 2 heterocycles. The molecule has 12 atom stereocenters. The van der Waals surface area contributed by atoms with Gasteiger partial charge in [-0.3, -0.25) is 4.79 Å². The Morgan fingerprint density at radius 2 is 0.944 bits per heavy atom. The Hall–Kier alpha value is -2.05. The van der Waals surface area contributed by atoms with Crippen molar-refractivity contribution in [1.82, 2.24) is 5.32 Å². The summed E-state index contributed by atoms with van der Waals surface area (Å²) in [6.45, 7) is 2.76. The highest BCUT2D eigenvalue weighted by Crippen LogP contribution is 2.30. The molecular weight excluding hydrogens is 907 g/mol. The van der Waals surface area contributed by atoms with E-state index in [0.29, 0.717) is 12.8 Å². The van der Waals surface area contributed by atoms with Gasteiger partial charge < -0.3 is 65.1 Å². The normalized spacial score (nSPS) is 26.1. The summed E-state index contributed by atoms with van der Waals surface area (Å²) in [5.41, 5.74) is 0. The van der Waals surface area contributed by atoms with Crippen molar-refractivity contribution in [2.45, 2.75) is 286 Å². The summed E-state index contributed by atoms with van der Waals surface area (Å²) in [6, 6.07) is -0.936. The van der Waals surface area contributed by atoms with Gasteiger partial charge in [-0.15, -0.1) is 0 Å². The maximum absolute atomic E-state index is 13.2. The molecule has 12 unspecified atom stereocenters. The van der Waals surface area contributed by atoms with Crippen molar-refractivity contribution in [1.29, 1.82) is 0 Å². The summed E-state index contributed by atoms with van der Waals surface area (Å²) >= 11 is 0. The number of rotatable bonds is 44. The van der Waals surface area contributed by atoms with Crippen LogP contribution in [0, 0.1) is 0 Å². The SMILES string of the molecule is CCCCCC/C=C\C/C=C\CCCCCCCCCC(=O)NC(COC1OC(CO)C(OC2OC(CO)C(O)C(O)C2O)C(O)C1O)C(O)/C=C/CC/C=C/CCCCCCCCCCCCCCC. The van der Waals surface area contributed by atoms with Crippen LogP contribution in [-0.4, -0.2) is 140 Å². The van der Waals surface area contributed by atoms with E-state index in [1.54, 1.807) is 6.08 Å². The average Bonchev–Trinajstić information content (AvgIpc) is 3.37. The Morgan fingerprint density at radius 1 is 0.507 bits per heavy atom. The van der Waals surface area contributed by atoms with Crippen molar-refractivity contribution in [2.24, 2.45) is 0 Å². The van der Waals surface area contributed by atoms with Crippen LogP contribution in [-0.2, 0) is 23.7 Å². The zero-order chi connectivity index (χ0) is 51.7. The molecule has 0 bridgehead atoms. The first-order chi connectivity index (χ1) is 34.6. The summed E-state index contributed by atoms with van der Waals surface area (Å²) in [7, 11) is 0. The topological polar surface area (TPSA) is 228 Å². The van der Waals surface area contributed by atoms with E-state index in [4.69, 9.17) is 18.9 Å². The van der Waals surface area contributed by atoms with Crippen molar-refractivity contribution in [3.63, 3.8) is 0 Å². The van der Waals surface area contributed by atoms with Crippen molar-refractivity contribution in [3.05, 3.63) is 48.6 Å². The Morgan fingerprint density at radius 3 is 1.48 bits per heavy atom. The van der Waals surface area contributed by atoms with Crippen LogP contribution >= 0.6 is 0 Å². The van der Waals surface area contributed by atoms with Gasteiger partial charge in [-0.25, -0.2) is 0 Å². The van der Waals surface area contributed by atoms with Gasteiger partial charge in [-0.1, -0.05) is 191 Å². The molecule has 9 N–H and O–H groups in total. The number of nitrogens with one attached hydrogen (secondary N) is 1. The molecule has 14 heteroatoms. The predicted octanol–water partition coefficient (Wildman–Crippen LogP) is 8.83. The van der Waals surface area contributed by atoms with E-state index in [1.165, 1.54) is 128 Å². The first-order valence-corrected chi connectivity index (χ1v) is 28.4. The lowest BCUT2D eigenvalue weighted by Gasteiger charge is -2.46. The van der Waals surface area contributed by atoms with Crippen LogP contribution in [0.4, 0.5) is 0 Å². The molecule has 0 radical (unpaired) electrons. The molecule has 0 saturated carbocycles. The number of aliphatic hydroxyl groups excluding tert-OH is 8. The van der Waals surface area contributed by atoms with Crippen molar-refractivity contribution < 1.29 is 64.6 Å². The zero-order valence-corrected chi connectivity index (χ0v) is 44.2. The van der Waals surface area contributed by atoms with Crippen molar-refractivity contribution in [3.8, 4) is 0 Å². The smallest absolute Gasteiger partial charge is 0.220 e. The van der Waals surface area contributed by atoms with Crippen molar-refractivity contribution >= 4 is 5.91 Å². The fourth-order valence-corrected chi connectivity index (χ4v) is 9.10. The molecule has 0 aliphatic carbocycles. The maximum atomic E-state index is 13.2.